The lowest BCUT2D eigenvalue weighted by atomic mass is 10.1. The van der Waals surface area contributed by atoms with Crippen molar-refractivity contribution in [1.82, 2.24) is 19.7 Å². The molecule has 0 spiro atoms. The third kappa shape index (κ3) is 3.67. The Bertz CT molecular complexity index is 612. The van der Waals surface area contributed by atoms with Crippen molar-refractivity contribution in [2.75, 3.05) is 33.7 Å². The van der Waals surface area contributed by atoms with Crippen molar-refractivity contribution in [3.8, 4) is 0 Å². The van der Waals surface area contributed by atoms with Gasteiger partial charge in [-0.1, -0.05) is 0 Å². The molecule has 7 nitrogen and oxygen atoms in total. The quantitative estimate of drug-likeness (QED) is 0.778. The third-order valence-electron chi connectivity index (χ3n) is 3.96. The average Bonchev–Trinajstić information content (AvgIpc) is 2.53. The highest BCUT2D eigenvalue weighted by atomic mass is 16.2. The van der Waals surface area contributed by atoms with Gasteiger partial charge in [-0.15, -0.1) is 0 Å². The lowest BCUT2D eigenvalue weighted by molar-refractivity contribution is -0.146. The molecule has 3 amide bonds. The molecule has 0 bridgehead atoms. The van der Waals surface area contributed by atoms with Crippen molar-refractivity contribution in [3.63, 3.8) is 0 Å². The van der Waals surface area contributed by atoms with E-state index in [1.165, 1.54) is 22.9 Å². The Balaban J connectivity index is 2.19. The molecule has 1 saturated heterocycles. The number of hydrogen-bond acceptors (Lipinski definition) is 4. The van der Waals surface area contributed by atoms with Gasteiger partial charge in [0, 0.05) is 46.0 Å². The summed E-state index contributed by atoms with van der Waals surface area (Å²) in [5.74, 6) is -0.508. The number of piperazine rings is 1. The smallest absolute Gasteiger partial charge is 0.255 e. The first-order chi connectivity index (χ1) is 10.8. The molecule has 1 aliphatic heterocycles. The number of rotatable bonds is 2. The van der Waals surface area contributed by atoms with E-state index in [9.17, 15) is 14.4 Å². The van der Waals surface area contributed by atoms with Crippen molar-refractivity contribution in [2.24, 2.45) is 0 Å². The Morgan fingerprint density at radius 1 is 1.22 bits per heavy atom. The zero-order chi connectivity index (χ0) is 17.1. The molecule has 0 unspecified atom stereocenters. The Morgan fingerprint density at radius 2 is 1.91 bits per heavy atom. The number of aromatic nitrogens is 1. The molecular weight excluding hydrogens is 296 g/mol. The van der Waals surface area contributed by atoms with E-state index in [-0.39, 0.29) is 24.3 Å². The minimum Gasteiger partial charge on any atom is -0.347 e. The standard InChI is InChI=1S/C16H22N4O3/c1-11-5-6-13(9-17-11)15(22)19-7-8-20(12(2)21)14(10-19)16(23)18(3)4/h5-6,9,14H,7-8,10H2,1-4H3/t14-/m1/s1. The Hall–Kier alpha value is -2.44. The monoisotopic (exact) mass is 318 g/mol. The maximum absolute atomic E-state index is 12.6. The first-order valence-corrected chi connectivity index (χ1v) is 7.51. The number of aryl methyl sites for hydroxylation is 1. The molecule has 0 saturated carbocycles. The van der Waals surface area contributed by atoms with E-state index in [1.807, 2.05) is 6.92 Å². The molecule has 2 heterocycles. The highest BCUT2D eigenvalue weighted by molar-refractivity contribution is 5.95. The van der Waals surface area contributed by atoms with Crippen LogP contribution in [0.25, 0.3) is 0 Å². The maximum atomic E-state index is 12.6. The molecule has 0 radical (unpaired) electrons. The van der Waals surface area contributed by atoms with Gasteiger partial charge in [0.2, 0.25) is 11.8 Å². The van der Waals surface area contributed by atoms with E-state index < -0.39 is 6.04 Å². The number of amides is 3. The average molecular weight is 318 g/mol. The number of likely N-dealkylation sites (N-methyl/N-ethyl adjacent to an activating group) is 1. The predicted octanol–water partition coefficient (Wildman–Crippen LogP) is 0.151. The minimum absolute atomic E-state index is 0.158. The van der Waals surface area contributed by atoms with Crippen LogP contribution in [0.15, 0.2) is 18.3 Å². The van der Waals surface area contributed by atoms with E-state index in [1.54, 1.807) is 31.1 Å². The molecule has 7 heteroatoms. The number of carbonyl (C=O) groups is 3. The van der Waals surface area contributed by atoms with Crippen molar-refractivity contribution < 1.29 is 14.4 Å². The summed E-state index contributed by atoms with van der Waals surface area (Å²) >= 11 is 0. The van der Waals surface area contributed by atoms with Crippen LogP contribution < -0.4 is 0 Å². The SMILES string of the molecule is CC(=O)N1CCN(C(=O)c2ccc(C)nc2)C[C@@H]1C(=O)N(C)C. The second-order valence-electron chi connectivity index (χ2n) is 5.90. The summed E-state index contributed by atoms with van der Waals surface area (Å²) in [7, 11) is 3.29. The summed E-state index contributed by atoms with van der Waals surface area (Å²) in [5.41, 5.74) is 1.33. The van der Waals surface area contributed by atoms with E-state index in [0.29, 0.717) is 18.7 Å². The number of carbonyl (C=O) groups excluding carboxylic acids is 3. The lowest BCUT2D eigenvalue weighted by Gasteiger charge is -2.41. The van der Waals surface area contributed by atoms with Gasteiger partial charge in [-0.3, -0.25) is 19.4 Å². The predicted molar refractivity (Wildman–Crippen MR) is 84.7 cm³/mol. The van der Waals surface area contributed by atoms with Crippen LogP contribution in [0, 0.1) is 6.92 Å². The van der Waals surface area contributed by atoms with Gasteiger partial charge in [0.1, 0.15) is 6.04 Å². The Labute approximate surface area is 135 Å². The Kier molecular flexibility index (Phi) is 4.98. The summed E-state index contributed by atoms with van der Waals surface area (Å²) in [6.07, 6.45) is 1.54. The van der Waals surface area contributed by atoms with E-state index in [2.05, 4.69) is 4.98 Å². The van der Waals surface area contributed by atoms with Crippen LogP contribution in [0.3, 0.4) is 0 Å². The number of nitrogens with zero attached hydrogens (tertiary/aromatic N) is 4. The molecule has 0 N–H and O–H groups in total. The van der Waals surface area contributed by atoms with E-state index >= 15 is 0 Å². The second kappa shape index (κ2) is 6.76. The highest BCUT2D eigenvalue weighted by Gasteiger charge is 2.36. The molecule has 1 aromatic heterocycles. The lowest BCUT2D eigenvalue weighted by Crippen LogP contribution is -2.61. The number of hydrogen-bond donors (Lipinski definition) is 0. The fourth-order valence-electron chi connectivity index (χ4n) is 2.63. The topological polar surface area (TPSA) is 73.8 Å². The van der Waals surface area contributed by atoms with E-state index in [0.717, 1.165) is 5.69 Å². The molecule has 1 fully saturated rings. The summed E-state index contributed by atoms with van der Waals surface area (Å²) in [5, 5.41) is 0. The molecule has 124 valence electrons. The second-order valence-corrected chi connectivity index (χ2v) is 5.90. The van der Waals surface area contributed by atoms with Crippen LogP contribution in [-0.4, -0.2) is 77.2 Å². The van der Waals surface area contributed by atoms with Crippen molar-refractivity contribution in [1.29, 1.82) is 0 Å². The zero-order valence-electron chi connectivity index (χ0n) is 13.9. The molecule has 23 heavy (non-hydrogen) atoms. The van der Waals surface area contributed by atoms with Crippen molar-refractivity contribution >= 4 is 17.7 Å². The highest BCUT2D eigenvalue weighted by Crippen LogP contribution is 2.15. The van der Waals surface area contributed by atoms with Crippen molar-refractivity contribution in [2.45, 2.75) is 19.9 Å². The summed E-state index contributed by atoms with van der Waals surface area (Å²) in [6, 6.07) is 2.87. The van der Waals surface area contributed by atoms with Gasteiger partial charge in [-0.25, -0.2) is 0 Å². The molecule has 1 aromatic rings. The fraction of sp³-hybridized carbons (Fsp3) is 0.500. The number of pyridine rings is 1. The van der Waals surface area contributed by atoms with E-state index in [4.69, 9.17) is 0 Å². The van der Waals surface area contributed by atoms with Gasteiger partial charge in [-0.05, 0) is 19.1 Å². The van der Waals surface area contributed by atoms with Gasteiger partial charge in [0.15, 0.2) is 0 Å². The third-order valence-corrected chi connectivity index (χ3v) is 3.96. The largest absolute Gasteiger partial charge is 0.347 e. The summed E-state index contributed by atoms with van der Waals surface area (Å²) in [6.45, 7) is 4.25. The van der Waals surface area contributed by atoms with Gasteiger partial charge < -0.3 is 14.7 Å². The first-order valence-electron chi connectivity index (χ1n) is 7.51. The van der Waals surface area contributed by atoms with Crippen LogP contribution in [0.4, 0.5) is 0 Å². The van der Waals surface area contributed by atoms with Gasteiger partial charge in [0.25, 0.3) is 5.91 Å². The van der Waals surface area contributed by atoms with Gasteiger partial charge in [-0.2, -0.15) is 0 Å². The van der Waals surface area contributed by atoms with Crippen LogP contribution in [0.5, 0.6) is 0 Å². The van der Waals surface area contributed by atoms with Crippen LogP contribution in [0.1, 0.15) is 23.0 Å². The first kappa shape index (κ1) is 16.9. The van der Waals surface area contributed by atoms with Gasteiger partial charge in [0.05, 0.1) is 12.1 Å². The summed E-state index contributed by atoms with van der Waals surface area (Å²) < 4.78 is 0. The maximum Gasteiger partial charge on any atom is 0.255 e. The van der Waals surface area contributed by atoms with Crippen LogP contribution in [-0.2, 0) is 9.59 Å². The van der Waals surface area contributed by atoms with Crippen molar-refractivity contribution in [3.05, 3.63) is 29.6 Å². The molecule has 1 atom stereocenters. The van der Waals surface area contributed by atoms with Crippen LogP contribution in [0.2, 0.25) is 0 Å². The normalized spacial score (nSPS) is 17.8. The fourth-order valence-corrected chi connectivity index (χ4v) is 2.63. The minimum atomic E-state index is -0.640. The summed E-state index contributed by atoms with van der Waals surface area (Å²) in [4.78, 5) is 45.4. The Morgan fingerprint density at radius 3 is 2.43 bits per heavy atom. The van der Waals surface area contributed by atoms with Gasteiger partial charge >= 0.3 is 0 Å². The molecular formula is C16H22N4O3. The zero-order valence-corrected chi connectivity index (χ0v) is 13.9. The molecule has 1 aliphatic rings. The molecule has 0 aromatic carbocycles. The van der Waals surface area contributed by atoms with Crippen LogP contribution >= 0.6 is 0 Å². The molecule has 2 rings (SSSR count). The molecule has 0 aliphatic carbocycles.